The van der Waals surface area contributed by atoms with Crippen LogP contribution in [0.1, 0.15) is 86.4 Å². The van der Waals surface area contributed by atoms with E-state index < -0.39 is 0 Å². The Hall–Kier alpha value is -2.07. The Kier molecular flexibility index (Phi) is 7.76. The molecule has 0 bridgehead atoms. The molecule has 2 atom stereocenters. The van der Waals surface area contributed by atoms with E-state index in [0.29, 0.717) is 22.3 Å². The van der Waals surface area contributed by atoms with Gasteiger partial charge in [-0.25, -0.2) is 0 Å². The van der Waals surface area contributed by atoms with E-state index >= 15 is 0 Å². The van der Waals surface area contributed by atoms with Crippen molar-refractivity contribution < 1.29 is 14.4 Å². The Bertz CT molecular complexity index is 830. The number of carbonyl (C=O) groups is 3. The van der Waals surface area contributed by atoms with Crippen LogP contribution in [0.15, 0.2) is 35.4 Å². The molecule has 4 heteroatoms. The molecule has 3 rings (SSSR count). The minimum Gasteiger partial charge on any atom is -0.303 e. The molecular weight excluding hydrogens is 374 g/mol. The van der Waals surface area contributed by atoms with Gasteiger partial charge in [-0.1, -0.05) is 57.9 Å². The molecule has 2 aliphatic rings. The average Bonchev–Trinajstić information content (AvgIpc) is 2.76. The highest BCUT2D eigenvalue weighted by Gasteiger charge is 2.43. The predicted molar refractivity (Wildman–Crippen MR) is 120 cm³/mol. The molecule has 0 amide bonds. The van der Waals surface area contributed by atoms with Crippen LogP contribution in [0.4, 0.5) is 0 Å². The summed E-state index contributed by atoms with van der Waals surface area (Å²) in [6.07, 6.45) is 6.58. The fraction of sp³-hybridized carbons (Fsp3) is 0.577. The molecule has 2 unspecified atom stereocenters. The first kappa shape index (κ1) is 22.6. The molecule has 30 heavy (non-hydrogen) atoms. The summed E-state index contributed by atoms with van der Waals surface area (Å²) in [6.45, 7) is 9.55. The van der Waals surface area contributed by atoms with E-state index in [2.05, 4.69) is 18.7 Å². The first-order chi connectivity index (χ1) is 14.5. The van der Waals surface area contributed by atoms with Crippen molar-refractivity contribution in [2.75, 3.05) is 19.6 Å². The van der Waals surface area contributed by atoms with Crippen LogP contribution in [0.3, 0.4) is 0 Å². The number of hydrogen-bond acceptors (Lipinski definition) is 4. The van der Waals surface area contributed by atoms with Crippen molar-refractivity contribution in [1.82, 2.24) is 4.90 Å². The van der Waals surface area contributed by atoms with Crippen molar-refractivity contribution in [3.63, 3.8) is 0 Å². The Morgan fingerprint density at radius 2 is 1.43 bits per heavy atom. The van der Waals surface area contributed by atoms with Crippen LogP contribution in [0.5, 0.6) is 0 Å². The highest BCUT2D eigenvalue weighted by atomic mass is 16.1. The number of hydrogen-bond donors (Lipinski definition) is 0. The van der Waals surface area contributed by atoms with Crippen LogP contribution in [-0.2, 0) is 4.79 Å². The van der Waals surface area contributed by atoms with Crippen LogP contribution in [-0.4, -0.2) is 41.9 Å². The summed E-state index contributed by atoms with van der Waals surface area (Å²) in [5.41, 5.74) is 2.04. The zero-order valence-electron chi connectivity index (χ0n) is 18.7. The number of unbranched alkanes of at least 4 members (excludes halogenated alkanes) is 2. The molecule has 4 nitrogen and oxygen atoms in total. The fourth-order valence-corrected chi connectivity index (χ4v) is 4.85. The molecule has 0 fully saturated rings. The summed E-state index contributed by atoms with van der Waals surface area (Å²) in [7, 11) is 0. The SMILES string of the molecule is CCCCN(CCCC)CCCC1C2=C(CC(=O)C1C)C(=O)c1ccccc1C2=O. The van der Waals surface area contributed by atoms with Gasteiger partial charge in [0.25, 0.3) is 0 Å². The van der Waals surface area contributed by atoms with Gasteiger partial charge in [0.2, 0.25) is 0 Å². The first-order valence-corrected chi connectivity index (χ1v) is 11.7. The third-order valence-electron chi connectivity index (χ3n) is 6.74. The second-order valence-electron chi connectivity index (χ2n) is 8.83. The molecule has 0 aliphatic heterocycles. The Balaban J connectivity index is 1.78. The van der Waals surface area contributed by atoms with Crippen LogP contribution in [0, 0.1) is 11.8 Å². The average molecular weight is 410 g/mol. The van der Waals surface area contributed by atoms with Gasteiger partial charge in [-0.05, 0) is 51.2 Å². The van der Waals surface area contributed by atoms with E-state index in [1.165, 1.54) is 25.7 Å². The van der Waals surface area contributed by atoms with Gasteiger partial charge in [0.05, 0.1) is 0 Å². The Morgan fingerprint density at radius 3 is 2.03 bits per heavy atom. The highest BCUT2D eigenvalue weighted by molar-refractivity contribution is 6.28. The minimum atomic E-state index is -0.203. The Morgan fingerprint density at radius 1 is 0.867 bits per heavy atom. The lowest BCUT2D eigenvalue weighted by Gasteiger charge is -2.35. The smallest absolute Gasteiger partial charge is 0.190 e. The molecule has 0 aromatic heterocycles. The number of carbonyl (C=O) groups excluding carboxylic acids is 3. The maximum absolute atomic E-state index is 13.3. The minimum absolute atomic E-state index is 0.0432. The van der Waals surface area contributed by atoms with Gasteiger partial charge in [0.1, 0.15) is 5.78 Å². The maximum Gasteiger partial charge on any atom is 0.190 e. The van der Waals surface area contributed by atoms with Gasteiger partial charge in [0.15, 0.2) is 11.6 Å². The molecule has 0 saturated carbocycles. The topological polar surface area (TPSA) is 54.5 Å². The van der Waals surface area contributed by atoms with Crippen LogP contribution in [0.2, 0.25) is 0 Å². The van der Waals surface area contributed by atoms with Crippen molar-refractivity contribution >= 4 is 17.3 Å². The number of allylic oxidation sites excluding steroid dienone is 2. The van der Waals surface area contributed by atoms with Gasteiger partial charge in [-0.15, -0.1) is 0 Å². The van der Waals surface area contributed by atoms with Gasteiger partial charge in [-0.2, -0.15) is 0 Å². The van der Waals surface area contributed by atoms with Crippen molar-refractivity contribution in [1.29, 1.82) is 0 Å². The zero-order valence-corrected chi connectivity index (χ0v) is 18.7. The van der Waals surface area contributed by atoms with Gasteiger partial charge in [0, 0.05) is 34.6 Å². The molecule has 1 aromatic rings. The third kappa shape index (κ3) is 4.64. The van der Waals surface area contributed by atoms with E-state index in [1.54, 1.807) is 24.3 Å². The summed E-state index contributed by atoms with van der Waals surface area (Å²) in [4.78, 5) is 41.6. The number of benzene rings is 1. The quantitative estimate of drug-likeness (QED) is 0.528. The lowest BCUT2D eigenvalue weighted by molar-refractivity contribution is -0.123. The second kappa shape index (κ2) is 10.3. The van der Waals surface area contributed by atoms with E-state index in [4.69, 9.17) is 0 Å². The van der Waals surface area contributed by atoms with Crippen molar-refractivity contribution in [2.45, 2.75) is 65.7 Å². The van der Waals surface area contributed by atoms with Crippen LogP contribution >= 0.6 is 0 Å². The third-order valence-corrected chi connectivity index (χ3v) is 6.74. The van der Waals surface area contributed by atoms with Crippen molar-refractivity contribution in [2.24, 2.45) is 11.8 Å². The number of rotatable bonds is 10. The van der Waals surface area contributed by atoms with Crippen LogP contribution < -0.4 is 0 Å². The van der Waals surface area contributed by atoms with E-state index in [9.17, 15) is 14.4 Å². The maximum atomic E-state index is 13.3. The standard InChI is InChI=1S/C26H35NO3/c1-4-6-14-27(15-7-5-2)16-10-13-19-18(3)23(28)17-22-24(19)26(30)21-12-9-8-11-20(21)25(22)29/h8-9,11-12,18-19H,4-7,10,13-17H2,1-3H3. The normalized spacial score (nSPS) is 21.3. The lowest BCUT2D eigenvalue weighted by atomic mass is 9.67. The number of fused-ring (bicyclic) bond motifs is 1. The largest absolute Gasteiger partial charge is 0.303 e. The fourth-order valence-electron chi connectivity index (χ4n) is 4.85. The van der Waals surface area contributed by atoms with Crippen molar-refractivity contribution in [3.05, 3.63) is 46.5 Å². The Labute approximate surface area is 180 Å². The predicted octanol–water partition coefficient (Wildman–Crippen LogP) is 5.27. The van der Waals surface area contributed by atoms with E-state index in [-0.39, 0.29) is 35.6 Å². The summed E-state index contributed by atoms with van der Waals surface area (Å²) >= 11 is 0. The van der Waals surface area contributed by atoms with Gasteiger partial charge in [-0.3, -0.25) is 14.4 Å². The molecule has 0 radical (unpaired) electrons. The molecule has 0 saturated heterocycles. The molecule has 0 heterocycles. The number of nitrogens with zero attached hydrogens (tertiary/aromatic N) is 1. The monoisotopic (exact) mass is 409 g/mol. The highest BCUT2D eigenvalue weighted by Crippen LogP contribution is 2.41. The lowest BCUT2D eigenvalue weighted by Crippen LogP contribution is -2.37. The summed E-state index contributed by atoms with van der Waals surface area (Å²) in [5, 5.41) is 0. The van der Waals surface area contributed by atoms with Gasteiger partial charge >= 0.3 is 0 Å². The molecule has 0 N–H and O–H groups in total. The first-order valence-electron chi connectivity index (χ1n) is 11.7. The zero-order chi connectivity index (χ0) is 21.7. The molecular formula is C26H35NO3. The number of ketones is 3. The van der Waals surface area contributed by atoms with Crippen molar-refractivity contribution in [3.8, 4) is 0 Å². The van der Waals surface area contributed by atoms with E-state index in [1.807, 2.05) is 6.92 Å². The van der Waals surface area contributed by atoms with Crippen LogP contribution in [0.25, 0.3) is 0 Å². The van der Waals surface area contributed by atoms with E-state index in [0.717, 1.165) is 32.5 Å². The summed E-state index contributed by atoms with van der Waals surface area (Å²) in [5.74, 6) is -0.430. The number of Topliss-reactive ketones (excluding diaryl/α,β-unsaturated/α-hetero) is 3. The molecule has 1 aromatic carbocycles. The summed E-state index contributed by atoms with van der Waals surface area (Å²) in [6, 6.07) is 7.04. The summed E-state index contributed by atoms with van der Waals surface area (Å²) < 4.78 is 0. The molecule has 2 aliphatic carbocycles. The second-order valence-corrected chi connectivity index (χ2v) is 8.83. The molecule has 0 spiro atoms. The van der Waals surface area contributed by atoms with Gasteiger partial charge < -0.3 is 4.90 Å². The molecule has 162 valence electrons.